The molecular weight excluding hydrogens is 258 g/mol. The summed E-state index contributed by atoms with van der Waals surface area (Å²) in [5.41, 5.74) is 2.73. The summed E-state index contributed by atoms with van der Waals surface area (Å²) in [7, 11) is 4.33. The van der Waals surface area contributed by atoms with Crippen molar-refractivity contribution in [3.63, 3.8) is 0 Å². The average Bonchev–Trinajstić information content (AvgIpc) is 2.67. The van der Waals surface area contributed by atoms with E-state index < -0.39 is 0 Å². The molecule has 2 unspecified atom stereocenters. The third-order valence-electron chi connectivity index (χ3n) is 4.74. The van der Waals surface area contributed by atoms with Crippen molar-refractivity contribution in [1.29, 1.82) is 0 Å². The summed E-state index contributed by atoms with van der Waals surface area (Å²) in [6.45, 7) is 9.20. The Balaban J connectivity index is 2.07. The highest BCUT2D eigenvalue weighted by molar-refractivity contribution is 5.24. The number of hydrogen-bond acceptors (Lipinski definition) is 3. The van der Waals surface area contributed by atoms with Crippen molar-refractivity contribution in [2.75, 3.05) is 40.3 Å². The Morgan fingerprint density at radius 2 is 1.95 bits per heavy atom. The van der Waals surface area contributed by atoms with Gasteiger partial charge in [0.05, 0.1) is 0 Å². The largest absolute Gasteiger partial charge is 0.312 e. The predicted molar refractivity (Wildman–Crippen MR) is 90.7 cm³/mol. The summed E-state index contributed by atoms with van der Waals surface area (Å²) in [6.07, 6.45) is 2.51. The minimum absolute atomic E-state index is 0.419. The van der Waals surface area contributed by atoms with E-state index in [9.17, 15) is 0 Å². The summed E-state index contributed by atoms with van der Waals surface area (Å²) in [5, 5.41) is 3.51. The maximum Gasteiger partial charge on any atom is 0.0447 e. The van der Waals surface area contributed by atoms with E-state index in [0.717, 1.165) is 6.54 Å². The minimum Gasteiger partial charge on any atom is -0.312 e. The van der Waals surface area contributed by atoms with E-state index in [2.05, 4.69) is 67.3 Å². The van der Waals surface area contributed by atoms with E-state index in [1.165, 1.54) is 43.6 Å². The standard InChI is InChI=1S/C18H31N3/c1-5-17-13-20(4)11-6-12-21(17)14-18(19-3)16-9-7-15(2)8-10-16/h7-10,17-19H,5-6,11-14H2,1-4H3. The lowest BCUT2D eigenvalue weighted by Crippen LogP contribution is -2.43. The Kier molecular flexibility index (Phi) is 6.22. The van der Waals surface area contributed by atoms with Crippen LogP contribution in [0.1, 0.15) is 36.9 Å². The van der Waals surface area contributed by atoms with Crippen molar-refractivity contribution in [2.24, 2.45) is 0 Å². The molecule has 2 rings (SSSR count). The highest BCUT2D eigenvalue weighted by Crippen LogP contribution is 2.19. The van der Waals surface area contributed by atoms with Crippen molar-refractivity contribution in [1.82, 2.24) is 15.1 Å². The molecule has 1 aromatic carbocycles. The van der Waals surface area contributed by atoms with Gasteiger partial charge in [0.25, 0.3) is 0 Å². The van der Waals surface area contributed by atoms with Gasteiger partial charge in [-0.2, -0.15) is 0 Å². The molecule has 1 fully saturated rings. The third kappa shape index (κ3) is 4.53. The Bertz CT molecular complexity index is 415. The fraction of sp³-hybridized carbons (Fsp3) is 0.667. The van der Waals surface area contributed by atoms with E-state index in [1.54, 1.807) is 0 Å². The number of benzene rings is 1. The monoisotopic (exact) mass is 289 g/mol. The smallest absolute Gasteiger partial charge is 0.0447 e. The maximum atomic E-state index is 3.51. The molecule has 3 nitrogen and oxygen atoms in total. The molecule has 3 heteroatoms. The predicted octanol–water partition coefficient (Wildman–Crippen LogP) is 2.67. The molecule has 1 heterocycles. The van der Waals surface area contributed by atoms with Gasteiger partial charge in [-0.3, -0.25) is 4.90 Å². The second-order valence-corrected chi connectivity index (χ2v) is 6.42. The molecule has 1 N–H and O–H groups in total. The summed E-state index contributed by atoms with van der Waals surface area (Å²) < 4.78 is 0. The van der Waals surface area contributed by atoms with Crippen molar-refractivity contribution in [3.05, 3.63) is 35.4 Å². The van der Waals surface area contributed by atoms with Gasteiger partial charge in [-0.1, -0.05) is 36.8 Å². The molecule has 0 saturated carbocycles. The number of nitrogens with zero attached hydrogens (tertiary/aromatic N) is 2. The van der Waals surface area contributed by atoms with E-state index >= 15 is 0 Å². The van der Waals surface area contributed by atoms with Crippen LogP contribution >= 0.6 is 0 Å². The Labute approximate surface area is 130 Å². The van der Waals surface area contributed by atoms with Gasteiger partial charge in [0, 0.05) is 25.2 Å². The summed E-state index contributed by atoms with van der Waals surface area (Å²) in [4.78, 5) is 5.17. The maximum absolute atomic E-state index is 3.51. The number of hydrogen-bond donors (Lipinski definition) is 1. The first-order valence-corrected chi connectivity index (χ1v) is 8.30. The van der Waals surface area contributed by atoms with Gasteiger partial charge >= 0.3 is 0 Å². The number of rotatable bonds is 5. The van der Waals surface area contributed by atoms with E-state index in [0.29, 0.717) is 12.1 Å². The fourth-order valence-corrected chi connectivity index (χ4v) is 3.32. The molecule has 0 spiro atoms. The molecule has 0 radical (unpaired) electrons. The van der Waals surface area contributed by atoms with Crippen LogP contribution in [0.15, 0.2) is 24.3 Å². The van der Waals surface area contributed by atoms with Crippen LogP contribution < -0.4 is 5.32 Å². The van der Waals surface area contributed by atoms with Crippen LogP contribution in [0.25, 0.3) is 0 Å². The normalized spacial score (nSPS) is 23.0. The molecular formula is C18H31N3. The quantitative estimate of drug-likeness (QED) is 0.899. The molecule has 21 heavy (non-hydrogen) atoms. The second kappa shape index (κ2) is 7.92. The Morgan fingerprint density at radius 3 is 2.57 bits per heavy atom. The van der Waals surface area contributed by atoms with Crippen molar-refractivity contribution < 1.29 is 0 Å². The van der Waals surface area contributed by atoms with Gasteiger partial charge in [-0.25, -0.2) is 0 Å². The van der Waals surface area contributed by atoms with E-state index in [-0.39, 0.29) is 0 Å². The number of likely N-dealkylation sites (N-methyl/N-ethyl adjacent to an activating group) is 2. The van der Waals surface area contributed by atoms with Crippen LogP contribution in [-0.2, 0) is 0 Å². The third-order valence-corrected chi connectivity index (χ3v) is 4.74. The molecule has 1 aliphatic rings. The number of aryl methyl sites for hydroxylation is 1. The highest BCUT2D eigenvalue weighted by atomic mass is 15.2. The molecule has 0 amide bonds. The molecule has 1 aliphatic heterocycles. The number of nitrogens with one attached hydrogen (secondary N) is 1. The van der Waals surface area contributed by atoms with Crippen molar-refractivity contribution >= 4 is 0 Å². The molecule has 1 aromatic rings. The van der Waals surface area contributed by atoms with Gasteiger partial charge in [-0.05, 0) is 52.5 Å². The van der Waals surface area contributed by atoms with Crippen molar-refractivity contribution in [3.8, 4) is 0 Å². The van der Waals surface area contributed by atoms with Crippen LogP contribution in [0.3, 0.4) is 0 Å². The lowest BCUT2D eigenvalue weighted by atomic mass is 10.0. The van der Waals surface area contributed by atoms with E-state index in [4.69, 9.17) is 0 Å². The van der Waals surface area contributed by atoms with E-state index in [1.807, 2.05) is 0 Å². The van der Waals surface area contributed by atoms with Crippen LogP contribution in [0.2, 0.25) is 0 Å². The lowest BCUT2D eigenvalue weighted by molar-refractivity contribution is 0.168. The first kappa shape index (κ1) is 16.5. The zero-order valence-corrected chi connectivity index (χ0v) is 14.1. The van der Waals surface area contributed by atoms with Crippen LogP contribution in [-0.4, -0.2) is 56.1 Å². The highest BCUT2D eigenvalue weighted by Gasteiger charge is 2.24. The molecule has 2 atom stereocenters. The fourth-order valence-electron chi connectivity index (χ4n) is 3.32. The van der Waals surface area contributed by atoms with Crippen LogP contribution in [0, 0.1) is 6.92 Å². The van der Waals surface area contributed by atoms with Gasteiger partial charge in [0.15, 0.2) is 0 Å². The molecule has 0 aromatic heterocycles. The van der Waals surface area contributed by atoms with Gasteiger partial charge in [0.1, 0.15) is 0 Å². The SMILES string of the molecule is CCC1CN(C)CCCN1CC(NC)c1ccc(C)cc1. The van der Waals surface area contributed by atoms with Crippen molar-refractivity contribution in [2.45, 2.75) is 38.8 Å². The first-order chi connectivity index (χ1) is 10.1. The van der Waals surface area contributed by atoms with Gasteiger partial charge < -0.3 is 10.2 Å². The summed E-state index contributed by atoms with van der Waals surface area (Å²) >= 11 is 0. The van der Waals surface area contributed by atoms with Gasteiger partial charge in [0.2, 0.25) is 0 Å². The average molecular weight is 289 g/mol. The van der Waals surface area contributed by atoms with Gasteiger partial charge in [-0.15, -0.1) is 0 Å². The lowest BCUT2D eigenvalue weighted by Gasteiger charge is -2.33. The first-order valence-electron chi connectivity index (χ1n) is 8.30. The zero-order valence-electron chi connectivity index (χ0n) is 14.1. The molecule has 118 valence electrons. The second-order valence-electron chi connectivity index (χ2n) is 6.42. The summed E-state index contributed by atoms with van der Waals surface area (Å²) in [6, 6.07) is 10.1. The molecule has 0 aliphatic carbocycles. The molecule has 0 bridgehead atoms. The zero-order chi connectivity index (χ0) is 15.2. The minimum atomic E-state index is 0.419. The molecule has 1 saturated heterocycles. The van der Waals surface area contributed by atoms with Crippen LogP contribution in [0.5, 0.6) is 0 Å². The Morgan fingerprint density at radius 1 is 1.24 bits per heavy atom. The summed E-state index contributed by atoms with van der Waals surface area (Å²) in [5.74, 6) is 0. The Hall–Kier alpha value is -0.900. The van der Waals surface area contributed by atoms with Crippen LogP contribution in [0.4, 0.5) is 0 Å². The topological polar surface area (TPSA) is 18.5 Å².